The molecule has 0 aliphatic carbocycles. The molecule has 2 aromatic rings. The predicted molar refractivity (Wildman–Crippen MR) is 102 cm³/mol. The Morgan fingerprint density at radius 1 is 0.963 bits per heavy atom. The molecule has 1 atom stereocenters. The number of methoxy groups -OCH3 is 3. The van der Waals surface area contributed by atoms with Crippen molar-refractivity contribution in [1.29, 1.82) is 0 Å². The van der Waals surface area contributed by atoms with E-state index in [-0.39, 0.29) is 12.3 Å². The molecule has 0 heterocycles. The van der Waals surface area contributed by atoms with Gasteiger partial charge in [0, 0.05) is 6.42 Å². The summed E-state index contributed by atoms with van der Waals surface area (Å²) in [6, 6.07) is 14.6. The van der Waals surface area contributed by atoms with Crippen molar-refractivity contribution in [2.24, 2.45) is 0 Å². The number of aryl methyl sites for hydroxylation is 1. The lowest BCUT2D eigenvalue weighted by Gasteiger charge is -2.20. The van der Waals surface area contributed by atoms with Gasteiger partial charge in [0.1, 0.15) is 0 Å². The van der Waals surface area contributed by atoms with Gasteiger partial charge in [-0.2, -0.15) is 0 Å². The second-order valence-electron chi connectivity index (χ2n) is 6.00. The first-order valence-corrected chi connectivity index (χ1v) is 8.69. The van der Waals surface area contributed by atoms with Gasteiger partial charge in [-0.05, 0) is 29.7 Å². The monoisotopic (exact) mass is 371 g/mol. The van der Waals surface area contributed by atoms with Crippen LogP contribution in [0.1, 0.15) is 30.0 Å². The van der Waals surface area contributed by atoms with Crippen molar-refractivity contribution in [2.45, 2.75) is 25.3 Å². The standard InChI is InChI=1S/C21H25NO5/c1-25-18-11-10-16(13-19(18)26-2)17(14-21(24)27-3)22-20(23)12-9-15-7-5-4-6-8-15/h4-8,10-11,13,17H,9,12,14H2,1-3H3,(H,22,23). The molecule has 2 rings (SSSR count). The molecule has 0 aromatic heterocycles. The molecule has 0 saturated carbocycles. The highest BCUT2D eigenvalue weighted by atomic mass is 16.5. The summed E-state index contributed by atoms with van der Waals surface area (Å²) in [5.41, 5.74) is 1.83. The summed E-state index contributed by atoms with van der Waals surface area (Å²) >= 11 is 0. The van der Waals surface area contributed by atoms with Crippen LogP contribution < -0.4 is 14.8 Å². The Morgan fingerprint density at radius 2 is 1.67 bits per heavy atom. The fraction of sp³-hybridized carbons (Fsp3) is 0.333. The minimum absolute atomic E-state index is 0.0308. The molecule has 1 N–H and O–H groups in total. The van der Waals surface area contributed by atoms with E-state index in [4.69, 9.17) is 14.2 Å². The summed E-state index contributed by atoms with van der Waals surface area (Å²) in [6.07, 6.45) is 0.988. The van der Waals surface area contributed by atoms with E-state index in [0.717, 1.165) is 11.1 Å². The maximum atomic E-state index is 12.4. The van der Waals surface area contributed by atoms with Crippen LogP contribution in [0.25, 0.3) is 0 Å². The first-order valence-electron chi connectivity index (χ1n) is 8.69. The second-order valence-corrected chi connectivity index (χ2v) is 6.00. The number of benzene rings is 2. The fourth-order valence-corrected chi connectivity index (χ4v) is 2.74. The molecule has 0 saturated heterocycles. The Bertz CT molecular complexity index is 760. The lowest BCUT2D eigenvalue weighted by molar-refractivity contribution is -0.141. The number of hydrogen-bond acceptors (Lipinski definition) is 5. The van der Waals surface area contributed by atoms with E-state index in [1.54, 1.807) is 25.3 Å². The third-order valence-electron chi connectivity index (χ3n) is 4.23. The third kappa shape index (κ3) is 6.02. The lowest BCUT2D eigenvalue weighted by atomic mass is 10.0. The van der Waals surface area contributed by atoms with Gasteiger partial charge in [-0.3, -0.25) is 9.59 Å². The molecular formula is C21H25NO5. The minimum atomic E-state index is -0.513. The second kappa shape index (κ2) is 10.2. The molecule has 6 nitrogen and oxygen atoms in total. The van der Waals surface area contributed by atoms with Crippen molar-refractivity contribution in [3.05, 3.63) is 59.7 Å². The van der Waals surface area contributed by atoms with Crippen molar-refractivity contribution >= 4 is 11.9 Å². The highest BCUT2D eigenvalue weighted by molar-refractivity contribution is 5.78. The summed E-state index contributed by atoms with van der Waals surface area (Å²) in [5.74, 6) is 0.567. The zero-order valence-electron chi connectivity index (χ0n) is 15.9. The van der Waals surface area contributed by atoms with Gasteiger partial charge in [0.05, 0.1) is 33.8 Å². The van der Waals surface area contributed by atoms with Crippen LogP contribution in [0.2, 0.25) is 0 Å². The van der Waals surface area contributed by atoms with Crippen molar-refractivity contribution < 1.29 is 23.8 Å². The smallest absolute Gasteiger partial charge is 0.307 e. The quantitative estimate of drug-likeness (QED) is 0.686. The normalized spacial score (nSPS) is 11.4. The van der Waals surface area contributed by atoms with E-state index in [1.165, 1.54) is 14.2 Å². The number of amides is 1. The van der Waals surface area contributed by atoms with Crippen LogP contribution in [-0.4, -0.2) is 33.2 Å². The summed E-state index contributed by atoms with van der Waals surface area (Å²) in [6.45, 7) is 0. The molecule has 0 radical (unpaired) electrons. The molecule has 2 aromatic carbocycles. The van der Waals surface area contributed by atoms with Crippen LogP contribution in [0.4, 0.5) is 0 Å². The Balaban J connectivity index is 2.11. The summed E-state index contributed by atoms with van der Waals surface area (Å²) in [5, 5.41) is 2.92. The van der Waals surface area contributed by atoms with Gasteiger partial charge in [0.2, 0.25) is 5.91 Å². The highest BCUT2D eigenvalue weighted by Crippen LogP contribution is 2.31. The maximum Gasteiger partial charge on any atom is 0.307 e. The molecule has 1 amide bonds. The van der Waals surface area contributed by atoms with E-state index < -0.39 is 12.0 Å². The minimum Gasteiger partial charge on any atom is -0.493 e. The number of rotatable bonds is 9. The van der Waals surface area contributed by atoms with Gasteiger partial charge in [0.15, 0.2) is 11.5 Å². The van der Waals surface area contributed by atoms with Crippen molar-refractivity contribution in [2.75, 3.05) is 21.3 Å². The van der Waals surface area contributed by atoms with Gasteiger partial charge in [-0.25, -0.2) is 0 Å². The largest absolute Gasteiger partial charge is 0.493 e. The van der Waals surface area contributed by atoms with Crippen LogP contribution in [0.5, 0.6) is 11.5 Å². The van der Waals surface area contributed by atoms with Gasteiger partial charge in [-0.15, -0.1) is 0 Å². The van der Waals surface area contributed by atoms with Crippen LogP contribution >= 0.6 is 0 Å². The number of esters is 1. The third-order valence-corrected chi connectivity index (χ3v) is 4.23. The van der Waals surface area contributed by atoms with E-state index in [0.29, 0.717) is 24.3 Å². The molecule has 0 aliphatic rings. The van der Waals surface area contributed by atoms with Gasteiger partial charge in [0.25, 0.3) is 0 Å². The van der Waals surface area contributed by atoms with Crippen molar-refractivity contribution in [1.82, 2.24) is 5.32 Å². The first-order chi connectivity index (χ1) is 13.1. The van der Waals surface area contributed by atoms with E-state index in [2.05, 4.69) is 5.32 Å². The van der Waals surface area contributed by atoms with Crippen LogP contribution in [0.15, 0.2) is 48.5 Å². The average Bonchev–Trinajstić information content (AvgIpc) is 2.71. The van der Waals surface area contributed by atoms with Crippen LogP contribution in [0, 0.1) is 0 Å². The first kappa shape index (κ1) is 20.3. The summed E-state index contributed by atoms with van der Waals surface area (Å²) in [7, 11) is 4.41. The number of ether oxygens (including phenoxy) is 3. The molecule has 27 heavy (non-hydrogen) atoms. The van der Waals surface area contributed by atoms with E-state index in [9.17, 15) is 9.59 Å². The SMILES string of the molecule is COC(=O)CC(NC(=O)CCc1ccccc1)c1ccc(OC)c(OC)c1. The predicted octanol–water partition coefficient (Wildman–Crippen LogP) is 3.06. The van der Waals surface area contributed by atoms with Crippen molar-refractivity contribution in [3.63, 3.8) is 0 Å². The number of nitrogens with one attached hydrogen (secondary N) is 1. The topological polar surface area (TPSA) is 73.9 Å². The zero-order valence-corrected chi connectivity index (χ0v) is 15.9. The maximum absolute atomic E-state index is 12.4. The summed E-state index contributed by atoms with van der Waals surface area (Å²) in [4.78, 5) is 24.2. The molecule has 0 spiro atoms. The summed E-state index contributed by atoms with van der Waals surface area (Å²) < 4.78 is 15.3. The Labute approximate surface area is 159 Å². The van der Waals surface area contributed by atoms with Crippen LogP contribution in [-0.2, 0) is 20.7 Å². The Hall–Kier alpha value is -3.02. The fourth-order valence-electron chi connectivity index (χ4n) is 2.74. The van der Waals surface area contributed by atoms with E-state index in [1.807, 2.05) is 30.3 Å². The van der Waals surface area contributed by atoms with Crippen LogP contribution in [0.3, 0.4) is 0 Å². The zero-order chi connectivity index (χ0) is 19.6. The number of hydrogen-bond donors (Lipinski definition) is 1. The van der Waals surface area contributed by atoms with Gasteiger partial charge in [-0.1, -0.05) is 36.4 Å². The Kier molecular flexibility index (Phi) is 7.67. The molecule has 1 unspecified atom stereocenters. The Morgan fingerprint density at radius 3 is 2.30 bits per heavy atom. The van der Waals surface area contributed by atoms with E-state index >= 15 is 0 Å². The molecule has 0 aliphatic heterocycles. The number of carbonyl (C=O) groups is 2. The lowest BCUT2D eigenvalue weighted by Crippen LogP contribution is -2.30. The molecule has 6 heteroatoms. The highest BCUT2D eigenvalue weighted by Gasteiger charge is 2.20. The molecule has 0 fully saturated rings. The molecular weight excluding hydrogens is 346 g/mol. The number of carbonyl (C=O) groups excluding carboxylic acids is 2. The molecule has 0 bridgehead atoms. The average molecular weight is 371 g/mol. The van der Waals surface area contributed by atoms with Gasteiger partial charge < -0.3 is 19.5 Å². The van der Waals surface area contributed by atoms with Crippen molar-refractivity contribution in [3.8, 4) is 11.5 Å². The van der Waals surface area contributed by atoms with Gasteiger partial charge >= 0.3 is 5.97 Å². The molecule has 144 valence electrons.